The van der Waals surface area contributed by atoms with E-state index in [0.29, 0.717) is 37.6 Å². The van der Waals surface area contributed by atoms with E-state index in [2.05, 4.69) is 21.3 Å². The molecule has 0 bridgehead atoms. The molecule has 1 aliphatic heterocycles. The molecule has 1 heterocycles. The summed E-state index contributed by atoms with van der Waals surface area (Å²) in [5.41, 5.74) is 1.80. The normalized spacial score (nSPS) is 15.6. The first-order chi connectivity index (χ1) is 22.7. The Morgan fingerprint density at radius 3 is 2.38 bits per heavy atom. The first kappa shape index (κ1) is 37.7. The number of carbonyl (C=O) groups excluding carboxylic acids is 4. The molecule has 0 aromatic heterocycles. The van der Waals surface area contributed by atoms with Crippen molar-refractivity contribution in [1.29, 1.82) is 5.26 Å². The zero-order valence-corrected chi connectivity index (χ0v) is 28.2. The summed E-state index contributed by atoms with van der Waals surface area (Å²) in [5.74, 6) is -1.97. The van der Waals surface area contributed by atoms with Crippen LogP contribution in [0.25, 0.3) is 6.08 Å². The van der Waals surface area contributed by atoms with Crippen molar-refractivity contribution in [2.45, 2.75) is 64.9 Å². The summed E-state index contributed by atoms with van der Waals surface area (Å²) in [5, 5.41) is 30.7. The Morgan fingerprint density at radius 2 is 1.75 bits per heavy atom. The number of carbonyl (C=O) groups is 4. The fourth-order valence-corrected chi connectivity index (χ4v) is 4.65. The fraction of sp³-hybridized carbons (Fsp3) is 0.457. The number of aliphatic hydroxyl groups excluding tert-OH is 1. The molecule has 13 nitrogen and oxygen atoms in total. The average Bonchev–Trinajstić information content (AvgIpc) is 3.03. The number of amides is 4. The van der Waals surface area contributed by atoms with Gasteiger partial charge in [0.25, 0.3) is 5.91 Å². The minimum absolute atomic E-state index is 0.0274. The van der Waals surface area contributed by atoms with Gasteiger partial charge in [-0.05, 0) is 64.0 Å². The third-order valence-corrected chi connectivity index (χ3v) is 7.21. The highest BCUT2D eigenvalue weighted by Gasteiger charge is 2.31. The molecule has 258 valence electrons. The molecule has 3 rings (SSSR count). The van der Waals surface area contributed by atoms with Crippen LogP contribution in [0.4, 0.5) is 0 Å². The third-order valence-electron chi connectivity index (χ3n) is 7.21. The molecule has 0 aliphatic carbocycles. The molecule has 1 fully saturated rings. The van der Waals surface area contributed by atoms with E-state index < -0.39 is 47.4 Å². The van der Waals surface area contributed by atoms with Crippen molar-refractivity contribution < 1.29 is 33.8 Å². The molecule has 4 amide bonds. The number of aryl methyl sites for hydroxylation is 1. The van der Waals surface area contributed by atoms with Crippen molar-refractivity contribution in [3.05, 3.63) is 70.8 Å². The molecule has 13 heteroatoms. The van der Waals surface area contributed by atoms with Crippen LogP contribution in [0.1, 0.15) is 44.4 Å². The summed E-state index contributed by atoms with van der Waals surface area (Å²) in [7, 11) is 0. The van der Waals surface area contributed by atoms with Gasteiger partial charge < -0.3 is 35.8 Å². The molecule has 0 spiro atoms. The number of nitriles is 1. The van der Waals surface area contributed by atoms with Gasteiger partial charge in [0.2, 0.25) is 17.7 Å². The van der Waals surface area contributed by atoms with Crippen LogP contribution in [0, 0.1) is 18.3 Å². The summed E-state index contributed by atoms with van der Waals surface area (Å²) in [6, 6.07) is 13.5. The van der Waals surface area contributed by atoms with E-state index in [0.717, 1.165) is 11.1 Å². The van der Waals surface area contributed by atoms with Gasteiger partial charge in [-0.3, -0.25) is 24.1 Å². The van der Waals surface area contributed by atoms with E-state index in [1.807, 2.05) is 62.9 Å². The van der Waals surface area contributed by atoms with Crippen LogP contribution in [0.3, 0.4) is 0 Å². The van der Waals surface area contributed by atoms with Crippen molar-refractivity contribution >= 4 is 29.7 Å². The van der Waals surface area contributed by atoms with E-state index in [-0.39, 0.29) is 25.3 Å². The minimum atomic E-state index is -1.33. The Bertz CT molecular complexity index is 1490. The monoisotopic (exact) mass is 662 g/mol. The second kappa shape index (κ2) is 18.0. The van der Waals surface area contributed by atoms with Gasteiger partial charge in [0, 0.05) is 25.2 Å². The maximum atomic E-state index is 13.4. The number of morpholine rings is 1. The van der Waals surface area contributed by atoms with E-state index in [1.54, 1.807) is 24.3 Å². The smallest absolute Gasteiger partial charge is 0.262 e. The molecule has 2 aromatic carbocycles. The number of aliphatic hydroxyl groups is 1. The van der Waals surface area contributed by atoms with Crippen LogP contribution in [-0.4, -0.2) is 96.8 Å². The Hall–Kier alpha value is -4.77. The first-order valence-electron chi connectivity index (χ1n) is 15.8. The van der Waals surface area contributed by atoms with Crippen LogP contribution in [-0.2, 0) is 30.5 Å². The number of ether oxygens (including phenoxy) is 2. The van der Waals surface area contributed by atoms with Gasteiger partial charge in [-0.2, -0.15) is 5.26 Å². The summed E-state index contributed by atoms with van der Waals surface area (Å²) < 4.78 is 11.2. The standard InChI is InChI=1S/C35H46N6O7/c1-23-9-11-25(12-10-23)20-37-33(45)29(38-34(46)31(24(2)42)39-30(43)21-41-13-15-47-16-14-41)22-48-28-8-6-7-26(18-28)17-27(19-36)32(44)40-35(3,4)5/h6-12,17-18,24,29,31,42H,13-16,20-22H2,1-5H3,(H,37,45)(H,38,46)(H,39,43)(H,40,44)/t24-,29?,31+/m1/s1. The summed E-state index contributed by atoms with van der Waals surface area (Å²) in [4.78, 5) is 54.0. The third kappa shape index (κ3) is 12.8. The average molecular weight is 663 g/mol. The van der Waals surface area contributed by atoms with E-state index >= 15 is 0 Å². The maximum Gasteiger partial charge on any atom is 0.262 e. The van der Waals surface area contributed by atoms with Crippen molar-refractivity contribution in [3.8, 4) is 11.8 Å². The molecular formula is C35H46N6O7. The molecule has 1 unspecified atom stereocenters. The number of benzene rings is 2. The van der Waals surface area contributed by atoms with Gasteiger partial charge in [-0.25, -0.2) is 0 Å². The molecule has 1 saturated heterocycles. The highest BCUT2D eigenvalue weighted by atomic mass is 16.5. The molecular weight excluding hydrogens is 616 g/mol. The Kier molecular flexibility index (Phi) is 14.1. The van der Waals surface area contributed by atoms with Gasteiger partial charge >= 0.3 is 0 Å². The maximum absolute atomic E-state index is 13.4. The van der Waals surface area contributed by atoms with E-state index in [9.17, 15) is 29.5 Å². The fourth-order valence-electron chi connectivity index (χ4n) is 4.65. The zero-order valence-electron chi connectivity index (χ0n) is 28.2. The number of hydrogen-bond acceptors (Lipinski definition) is 9. The molecule has 2 aromatic rings. The lowest BCUT2D eigenvalue weighted by atomic mass is 10.1. The van der Waals surface area contributed by atoms with Gasteiger partial charge in [0.15, 0.2) is 0 Å². The van der Waals surface area contributed by atoms with Crippen molar-refractivity contribution in [2.24, 2.45) is 0 Å². The molecule has 5 N–H and O–H groups in total. The van der Waals surface area contributed by atoms with Crippen LogP contribution < -0.4 is 26.0 Å². The van der Waals surface area contributed by atoms with Crippen molar-refractivity contribution in [3.63, 3.8) is 0 Å². The highest BCUT2D eigenvalue weighted by molar-refractivity contribution is 6.02. The lowest BCUT2D eigenvalue weighted by molar-refractivity contribution is -0.135. The zero-order chi connectivity index (χ0) is 35.3. The predicted octanol–water partition coefficient (Wildman–Crippen LogP) is 1.19. The molecule has 0 radical (unpaired) electrons. The first-order valence-corrected chi connectivity index (χ1v) is 15.8. The summed E-state index contributed by atoms with van der Waals surface area (Å²) in [6.45, 7) is 10.8. The van der Waals surface area contributed by atoms with Gasteiger partial charge in [-0.15, -0.1) is 0 Å². The lowest BCUT2D eigenvalue weighted by Crippen LogP contribution is -2.59. The Balaban J connectivity index is 1.75. The molecule has 48 heavy (non-hydrogen) atoms. The van der Waals surface area contributed by atoms with Crippen LogP contribution in [0.15, 0.2) is 54.1 Å². The van der Waals surface area contributed by atoms with Crippen LogP contribution in [0.2, 0.25) is 0 Å². The van der Waals surface area contributed by atoms with E-state index in [1.165, 1.54) is 13.0 Å². The second-order valence-corrected chi connectivity index (χ2v) is 12.7. The second-order valence-electron chi connectivity index (χ2n) is 12.7. The van der Waals surface area contributed by atoms with Gasteiger partial charge in [-0.1, -0.05) is 42.0 Å². The summed E-state index contributed by atoms with van der Waals surface area (Å²) in [6.07, 6.45) is 0.165. The van der Waals surface area contributed by atoms with Gasteiger partial charge in [0.05, 0.1) is 25.9 Å². The SMILES string of the molecule is Cc1ccc(CNC(=O)C(COc2cccc(C=C(C#N)C(=O)NC(C)(C)C)c2)NC(=O)[C@@H](NC(=O)CN2CCOCC2)[C@@H](C)O)cc1. The topological polar surface area (TPSA) is 182 Å². The highest BCUT2D eigenvalue weighted by Crippen LogP contribution is 2.17. The Morgan fingerprint density at radius 1 is 1.06 bits per heavy atom. The molecule has 0 saturated carbocycles. The number of nitrogens with one attached hydrogen (secondary N) is 4. The van der Waals surface area contributed by atoms with Gasteiger partial charge in [0.1, 0.15) is 36.1 Å². The van der Waals surface area contributed by atoms with Crippen LogP contribution in [0.5, 0.6) is 5.75 Å². The number of rotatable bonds is 14. The lowest BCUT2D eigenvalue weighted by Gasteiger charge is -2.28. The Labute approximate surface area is 281 Å². The quantitative estimate of drug-likeness (QED) is 0.147. The minimum Gasteiger partial charge on any atom is -0.491 e. The molecule has 1 aliphatic rings. The van der Waals surface area contributed by atoms with E-state index in [4.69, 9.17) is 9.47 Å². The van der Waals surface area contributed by atoms with Crippen molar-refractivity contribution in [1.82, 2.24) is 26.2 Å². The summed E-state index contributed by atoms with van der Waals surface area (Å²) >= 11 is 0. The predicted molar refractivity (Wildman–Crippen MR) is 179 cm³/mol. The number of hydrogen-bond donors (Lipinski definition) is 5. The largest absolute Gasteiger partial charge is 0.491 e. The van der Waals surface area contributed by atoms with Crippen LogP contribution >= 0.6 is 0 Å². The molecule has 3 atom stereocenters. The van der Waals surface area contributed by atoms with Crippen molar-refractivity contribution in [2.75, 3.05) is 39.5 Å². The number of nitrogens with zero attached hydrogens (tertiary/aromatic N) is 2.